The van der Waals surface area contributed by atoms with E-state index in [9.17, 15) is 0 Å². The number of halogens is 4. The van der Waals surface area contributed by atoms with E-state index in [0.717, 1.165) is 166 Å². The molecule has 0 aromatic heterocycles. The van der Waals surface area contributed by atoms with Crippen molar-refractivity contribution in [2.24, 2.45) is 130 Å². The molecule has 0 radical (unpaired) electrons. The summed E-state index contributed by atoms with van der Waals surface area (Å²) >= 11 is 11.6. The van der Waals surface area contributed by atoms with Gasteiger partial charge in [0.05, 0.1) is 0 Å². The standard InChI is InChI=1S/2C38H54N2.C16H21Cl.C14H15Cl.C6H12N2.2ClH.2H2O/c2*1-25-27(3)35-19-33(25)21-37(35)31-9-5-29(6-10-31)23-39-13-16-40(17-14-39,18-15-39)24-30-7-11-32(12-8-30)38-22-34-20-36(38)28(4)26(34)2;1-10-11(2)15-7-14(10)8-16(15)13-5-3-12(9-17)4-6-13;15-9-10-1-4-12(5-2-10)14-8-11-3-6-13(14)7-11;1-2-8-5-3-7(1)4-6-8;;;;/h2*5-12,25-28,33-38H,13-24H2,1-4H3;3-6,10-11,14-16H,7-9H2,1-2H3;1-6,11,13-14H,7-9H2;1-6H2;2*1H;2*1H2/q2*+2;;;;;;;/p-2. The predicted octanol–water partition coefficient (Wildman–Crippen LogP) is 24.7. The molecule has 20 fully saturated rings. The number of piperazine rings is 9. The molecule has 2 N–H and O–H groups in total. The normalized spacial score (nSPS) is 42.5. The summed E-state index contributed by atoms with van der Waals surface area (Å²) in [5.74, 6) is 26.7. The Labute approximate surface area is 773 Å². The summed E-state index contributed by atoms with van der Waals surface area (Å²) in [5.41, 5.74) is 18.4. The smallest absolute Gasteiger partial charge is 0.129 e. The van der Waals surface area contributed by atoms with Gasteiger partial charge in [-0.1, -0.05) is 227 Å². The number of nitrogens with zero attached hydrogens (tertiary/aromatic N) is 6. The zero-order valence-electron chi connectivity index (χ0n) is 77.8. The molecule has 0 spiro atoms. The number of benzene rings is 6. The first-order valence-electron chi connectivity index (χ1n) is 50.3. The molecule has 0 amide bonds. The molecule has 8 nitrogen and oxygen atoms in total. The summed E-state index contributed by atoms with van der Waals surface area (Å²) in [4.78, 5) is 5.08. The van der Waals surface area contributed by atoms with Crippen molar-refractivity contribution in [3.05, 3.63) is 225 Å². The van der Waals surface area contributed by atoms with Gasteiger partial charge in [0.2, 0.25) is 0 Å². The first-order chi connectivity index (χ1) is 58.2. The van der Waals surface area contributed by atoms with Crippen LogP contribution >= 0.6 is 48.0 Å². The fourth-order valence-corrected chi connectivity index (χ4v) is 32.2. The minimum Gasteiger partial charge on any atom is -0.870 e. The van der Waals surface area contributed by atoms with E-state index in [4.69, 9.17) is 23.2 Å². The lowest BCUT2D eigenvalue weighted by atomic mass is 9.73. The quantitative estimate of drug-likeness (QED) is 0.0550. The van der Waals surface area contributed by atoms with E-state index in [2.05, 4.69) is 237 Å². The SMILES string of the molecule is C1CN2CCN1CC2.CC1C2CC(c3ccc(CCl)cc3)C(C2)C1C.CC1C2CC(c3ccc(C[N+]45CC[N+](Cc6ccc(C7CC8CC7C(C)C8C)cc6)(CC4)CC5)cc3)C(C2)C1C.CC1C2CC(c3ccc(C[N+]45CC[N+](Cc6ccc(C7CC8CC7C(C)C8C)cc6)(CC4)CC5)cc3)C(C2)C1C.Cl.Cl.ClCc1ccc(C2CC3C=CC2C3)cc1.[OH-].[OH-]. The number of alkyl halides is 2. The van der Waals surface area contributed by atoms with Crippen molar-refractivity contribution in [3.63, 3.8) is 0 Å². The Bertz CT molecular complexity index is 4040. The van der Waals surface area contributed by atoms with Crippen LogP contribution in [0.5, 0.6) is 0 Å². The van der Waals surface area contributed by atoms with Gasteiger partial charge in [0, 0.05) is 73.3 Å². The third kappa shape index (κ3) is 18.2. The van der Waals surface area contributed by atoms with Gasteiger partial charge in [0.15, 0.2) is 0 Å². The van der Waals surface area contributed by atoms with Crippen LogP contribution in [-0.4, -0.2) is 156 Å². The van der Waals surface area contributed by atoms with Crippen LogP contribution < -0.4 is 0 Å². The zero-order valence-corrected chi connectivity index (χ0v) is 80.9. The molecule has 9 aliphatic heterocycles. The summed E-state index contributed by atoms with van der Waals surface area (Å²) < 4.78 is 5.34. The van der Waals surface area contributed by atoms with Crippen molar-refractivity contribution in [1.82, 2.24) is 9.80 Å². The van der Waals surface area contributed by atoms with Crippen molar-refractivity contribution in [2.45, 2.75) is 220 Å². The van der Waals surface area contributed by atoms with E-state index in [1.807, 2.05) is 0 Å². The Balaban J connectivity index is 0.000000125. The van der Waals surface area contributed by atoms with Gasteiger partial charge in [-0.3, -0.25) is 9.80 Å². The topological polar surface area (TPSA) is 66.5 Å². The highest BCUT2D eigenvalue weighted by Crippen LogP contribution is 2.63. The van der Waals surface area contributed by atoms with Gasteiger partial charge in [-0.25, -0.2) is 0 Å². The van der Waals surface area contributed by atoms with Crippen molar-refractivity contribution >= 4 is 48.0 Å². The van der Waals surface area contributed by atoms with E-state index in [1.165, 1.54) is 256 Å². The molecule has 12 aliphatic carbocycles. The number of hydrogen-bond acceptors (Lipinski definition) is 4. The van der Waals surface area contributed by atoms with Crippen LogP contribution in [0.3, 0.4) is 0 Å². The highest BCUT2D eigenvalue weighted by molar-refractivity contribution is 6.17. The molecule has 9 saturated heterocycles. The van der Waals surface area contributed by atoms with Crippen LogP contribution in [0.15, 0.2) is 158 Å². The summed E-state index contributed by atoms with van der Waals surface area (Å²) in [7, 11) is 0. The molecule has 6 aromatic rings. The molecular weight excluding hydrogens is 1600 g/mol. The van der Waals surface area contributed by atoms with Crippen LogP contribution in [0.25, 0.3) is 0 Å². The van der Waals surface area contributed by atoms with Crippen LogP contribution in [-0.2, 0) is 37.9 Å². The Morgan fingerprint density at radius 1 is 0.242 bits per heavy atom. The van der Waals surface area contributed by atoms with Gasteiger partial charge in [-0.2, -0.15) is 0 Å². The second-order valence-corrected chi connectivity index (χ2v) is 46.6. The van der Waals surface area contributed by atoms with Crippen LogP contribution in [0.2, 0.25) is 0 Å². The molecule has 18 bridgehead atoms. The Morgan fingerprint density at radius 2 is 0.444 bits per heavy atom. The van der Waals surface area contributed by atoms with E-state index in [-0.39, 0.29) is 35.8 Å². The second-order valence-electron chi connectivity index (χ2n) is 46.1. The zero-order chi connectivity index (χ0) is 82.1. The van der Waals surface area contributed by atoms with Crippen LogP contribution in [0.4, 0.5) is 0 Å². The molecule has 28 unspecified atom stereocenters. The molecule has 28 atom stereocenters. The highest BCUT2D eigenvalue weighted by Gasteiger charge is 2.56. The average Bonchev–Trinajstić information content (AvgIpc) is 1.75. The average molecular weight is 1760 g/mol. The molecule has 9 heterocycles. The Kier molecular flexibility index (Phi) is 28.7. The van der Waals surface area contributed by atoms with Crippen molar-refractivity contribution in [1.29, 1.82) is 0 Å². The Hall–Kier alpha value is -4.10. The van der Waals surface area contributed by atoms with Crippen LogP contribution in [0, 0.1) is 130 Å². The molecule has 12 heteroatoms. The third-order valence-corrected chi connectivity index (χ3v) is 41.7. The number of rotatable bonds is 16. The van der Waals surface area contributed by atoms with E-state index >= 15 is 0 Å². The summed E-state index contributed by atoms with van der Waals surface area (Å²) in [6.07, 6.45) is 22.1. The number of hydrogen-bond donors (Lipinski definition) is 0. The van der Waals surface area contributed by atoms with Gasteiger partial charge < -0.3 is 28.9 Å². The lowest BCUT2D eigenvalue weighted by molar-refractivity contribution is -1.09. The van der Waals surface area contributed by atoms with E-state index < -0.39 is 0 Å². The summed E-state index contributed by atoms with van der Waals surface area (Å²) in [6.45, 7) is 54.3. The minimum atomic E-state index is 0. The van der Waals surface area contributed by atoms with Gasteiger partial charge in [0.25, 0.3) is 0 Å². The molecule has 21 aliphatic rings. The number of fused-ring (bicyclic) bond motifs is 21. The maximum absolute atomic E-state index is 5.84. The molecular formula is C112H160Cl4N6O2+2. The summed E-state index contributed by atoms with van der Waals surface area (Å²) in [6, 6.07) is 58.1. The predicted molar refractivity (Wildman–Crippen MR) is 518 cm³/mol. The number of allylic oxidation sites excluding steroid dienone is 2. The molecule has 27 rings (SSSR count). The lowest BCUT2D eigenvalue weighted by Crippen LogP contribution is -2.74. The fraction of sp³-hybridized carbons (Fsp3) is 0.661. The molecule has 11 saturated carbocycles. The monoisotopic (exact) mass is 1760 g/mol. The van der Waals surface area contributed by atoms with Gasteiger partial charge in [0.1, 0.15) is 105 Å². The van der Waals surface area contributed by atoms with Gasteiger partial charge >= 0.3 is 0 Å². The fourth-order valence-electron chi connectivity index (χ4n) is 31.9. The van der Waals surface area contributed by atoms with Crippen LogP contribution in [0.1, 0.15) is 249 Å². The first-order valence-corrected chi connectivity index (χ1v) is 51.4. The van der Waals surface area contributed by atoms with E-state index in [0.29, 0.717) is 11.8 Å². The maximum Gasteiger partial charge on any atom is 0.129 e. The summed E-state index contributed by atoms with van der Waals surface area (Å²) in [5, 5.41) is 0. The third-order valence-electron chi connectivity index (χ3n) is 41.1. The highest BCUT2D eigenvalue weighted by atomic mass is 35.5. The second kappa shape index (κ2) is 38.2. The first kappa shape index (κ1) is 93.1. The number of quaternary nitrogens is 4. The molecule has 676 valence electrons. The van der Waals surface area contributed by atoms with Crippen molar-refractivity contribution in [3.8, 4) is 0 Å². The maximum atomic E-state index is 5.84. The minimum absolute atomic E-state index is 0. The Morgan fingerprint density at radius 3 is 0.605 bits per heavy atom. The largest absolute Gasteiger partial charge is 0.870 e. The van der Waals surface area contributed by atoms with Crippen molar-refractivity contribution < 1.29 is 28.9 Å². The lowest BCUT2D eigenvalue weighted by Gasteiger charge is -2.55. The molecule has 6 aromatic carbocycles. The molecule has 124 heavy (non-hydrogen) atoms. The van der Waals surface area contributed by atoms with E-state index in [1.54, 1.807) is 50.1 Å². The van der Waals surface area contributed by atoms with Crippen molar-refractivity contribution in [2.75, 3.05) is 118 Å². The van der Waals surface area contributed by atoms with Gasteiger partial charge in [-0.15, -0.1) is 48.0 Å². The van der Waals surface area contributed by atoms with Gasteiger partial charge in [-0.05, 0) is 287 Å².